The summed E-state index contributed by atoms with van der Waals surface area (Å²) in [5.41, 5.74) is 11.7. The molecule has 4 aromatic rings. The van der Waals surface area contributed by atoms with E-state index in [0.717, 1.165) is 53.2 Å². The van der Waals surface area contributed by atoms with Crippen molar-refractivity contribution in [1.82, 2.24) is 19.4 Å². The van der Waals surface area contributed by atoms with Crippen LogP contribution in [0.3, 0.4) is 0 Å². The summed E-state index contributed by atoms with van der Waals surface area (Å²) < 4.78 is 13.7. The molecule has 2 aromatic heterocycles. The van der Waals surface area contributed by atoms with Gasteiger partial charge in [0.25, 0.3) is 0 Å². The number of benzene rings is 2. The van der Waals surface area contributed by atoms with E-state index in [1.165, 1.54) is 0 Å². The zero-order valence-corrected chi connectivity index (χ0v) is 20.6. The maximum absolute atomic E-state index is 6.42. The second kappa shape index (κ2) is 9.34. The van der Waals surface area contributed by atoms with Crippen LogP contribution in [0.5, 0.6) is 11.5 Å². The molecule has 1 aliphatic rings. The number of nitrogens with two attached hydrogens (primary N) is 1. The number of nitrogens with one attached hydrogen (secondary N) is 1. The predicted molar refractivity (Wildman–Crippen MR) is 141 cm³/mol. The van der Waals surface area contributed by atoms with Gasteiger partial charge in [-0.2, -0.15) is 0 Å². The predicted octanol–water partition coefficient (Wildman–Crippen LogP) is 3.82. The molecule has 0 amide bonds. The zero-order chi connectivity index (χ0) is 24.5. The molecule has 9 heteroatoms. The Kier molecular flexibility index (Phi) is 6.08. The molecule has 0 atom stereocenters. The molecule has 2 aromatic carbocycles. The zero-order valence-electron chi connectivity index (χ0n) is 20.6. The number of rotatable bonds is 8. The third-order valence-electron chi connectivity index (χ3n) is 6.30. The van der Waals surface area contributed by atoms with Gasteiger partial charge in [0.05, 0.1) is 41.9 Å². The van der Waals surface area contributed by atoms with Crippen LogP contribution >= 0.6 is 0 Å². The second-order valence-corrected chi connectivity index (χ2v) is 8.96. The van der Waals surface area contributed by atoms with E-state index in [1.54, 1.807) is 13.3 Å². The van der Waals surface area contributed by atoms with Crippen molar-refractivity contribution < 1.29 is 9.47 Å². The van der Waals surface area contributed by atoms with Crippen molar-refractivity contribution >= 4 is 33.9 Å². The molecule has 3 N–H and O–H groups in total. The standard InChI is InChI=1S/C26H31N7O2/c1-31(2)11-12-32(3)22-16-24(34-4)21(15-19(22)27)30-26-28-9-7-20(29-26)17-5-6-23-25-18(17)8-10-33(25)13-14-35-23/h5-10,15-16H,11-14,27H2,1-4H3,(H,28,29,30). The van der Waals surface area contributed by atoms with Crippen molar-refractivity contribution in [3.8, 4) is 22.8 Å². The highest BCUT2D eigenvalue weighted by Crippen LogP contribution is 2.38. The van der Waals surface area contributed by atoms with Gasteiger partial charge in [0.1, 0.15) is 18.1 Å². The van der Waals surface area contributed by atoms with Crippen molar-refractivity contribution in [2.45, 2.75) is 6.54 Å². The van der Waals surface area contributed by atoms with Crippen molar-refractivity contribution in [3.63, 3.8) is 0 Å². The molecule has 3 heterocycles. The number of methoxy groups -OCH3 is 1. The SMILES string of the molecule is COc1cc(N(C)CCN(C)C)c(N)cc1Nc1nccc(-c2ccc3c4c2ccn4CCO3)n1. The topological polar surface area (TPSA) is 93.7 Å². The fraction of sp³-hybridized carbons (Fsp3) is 0.308. The van der Waals surface area contributed by atoms with E-state index in [-0.39, 0.29) is 0 Å². The molecule has 9 nitrogen and oxygen atoms in total. The fourth-order valence-corrected chi connectivity index (χ4v) is 4.41. The quantitative estimate of drug-likeness (QED) is 0.373. The third kappa shape index (κ3) is 4.42. The van der Waals surface area contributed by atoms with Crippen molar-refractivity contribution in [2.75, 3.05) is 63.9 Å². The van der Waals surface area contributed by atoms with Gasteiger partial charge in [-0.25, -0.2) is 9.97 Å². The lowest BCUT2D eigenvalue weighted by Gasteiger charge is -2.24. The lowest BCUT2D eigenvalue weighted by molar-refractivity contribution is 0.287. The largest absolute Gasteiger partial charge is 0.494 e. The van der Waals surface area contributed by atoms with Gasteiger partial charge in [-0.05, 0) is 44.4 Å². The number of ether oxygens (including phenoxy) is 2. The molecule has 0 aliphatic carbocycles. The molecule has 1 aliphatic heterocycles. The van der Waals surface area contributed by atoms with Crippen molar-refractivity contribution in [2.24, 2.45) is 0 Å². The van der Waals surface area contributed by atoms with Crippen LogP contribution in [0.25, 0.3) is 22.2 Å². The Balaban J connectivity index is 1.44. The average Bonchev–Trinajstić information content (AvgIpc) is 3.29. The summed E-state index contributed by atoms with van der Waals surface area (Å²) >= 11 is 0. The molecule has 0 radical (unpaired) electrons. The summed E-state index contributed by atoms with van der Waals surface area (Å²) in [6.45, 7) is 3.30. The highest BCUT2D eigenvalue weighted by atomic mass is 16.5. The fourth-order valence-electron chi connectivity index (χ4n) is 4.41. The lowest BCUT2D eigenvalue weighted by Crippen LogP contribution is -2.29. The number of anilines is 4. The molecule has 0 unspecified atom stereocenters. The first-order chi connectivity index (χ1) is 16.9. The maximum Gasteiger partial charge on any atom is 0.227 e. The van der Waals surface area contributed by atoms with E-state index in [4.69, 9.17) is 20.2 Å². The van der Waals surface area contributed by atoms with Gasteiger partial charge in [0, 0.05) is 49.5 Å². The van der Waals surface area contributed by atoms with Crippen LogP contribution < -0.4 is 25.4 Å². The smallest absolute Gasteiger partial charge is 0.227 e. The molecule has 182 valence electrons. The second-order valence-electron chi connectivity index (χ2n) is 8.96. The first-order valence-electron chi connectivity index (χ1n) is 11.6. The normalized spacial score (nSPS) is 12.6. The summed E-state index contributed by atoms with van der Waals surface area (Å²) in [6, 6.07) is 11.9. The van der Waals surface area contributed by atoms with Crippen LogP contribution in [-0.4, -0.2) is 67.4 Å². The van der Waals surface area contributed by atoms with Crippen molar-refractivity contribution in [1.29, 1.82) is 0 Å². The van der Waals surface area contributed by atoms with Crippen LogP contribution in [0, 0.1) is 0 Å². The number of aromatic nitrogens is 3. The van der Waals surface area contributed by atoms with Crippen LogP contribution in [0.4, 0.5) is 23.0 Å². The third-order valence-corrected chi connectivity index (χ3v) is 6.30. The number of nitrogen functional groups attached to an aromatic ring is 1. The van der Waals surface area contributed by atoms with Crippen LogP contribution in [0.15, 0.2) is 48.8 Å². The molecule has 0 saturated heterocycles. The first-order valence-corrected chi connectivity index (χ1v) is 11.6. The van der Waals surface area contributed by atoms with Gasteiger partial charge < -0.3 is 34.9 Å². The van der Waals surface area contributed by atoms with E-state index in [2.05, 4.69) is 57.1 Å². The molecule has 35 heavy (non-hydrogen) atoms. The molecular weight excluding hydrogens is 442 g/mol. The Morgan fingerprint density at radius 2 is 2.00 bits per heavy atom. The van der Waals surface area contributed by atoms with Gasteiger partial charge in [0.2, 0.25) is 5.95 Å². The van der Waals surface area contributed by atoms with Crippen LogP contribution in [-0.2, 0) is 6.54 Å². The Morgan fingerprint density at radius 1 is 1.14 bits per heavy atom. The minimum Gasteiger partial charge on any atom is -0.494 e. The Bertz CT molecular complexity index is 1370. The molecule has 0 saturated carbocycles. The van der Waals surface area contributed by atoms with E-state index >= 15 is 0 Å². The van der Waals surface area contributed by atoms with E-state index in [0.29, 0.717) is 29.7 Å². The van der Waals surface area contributed by atoms with E-state index < -0.39 is 0 Å². The summed E-state index contributed by atoms with van der Waals surface area (Å²) in [5, 5.41) is 4.40. The molecular formula is C26H31N7O2. The summed E-state index contributed by atoms with van der Waals surface area (Å²) in [4.78, 5) is 13.5. The minimum atomic E-state index is 0.467. The Hall–Kier alpha value is -3.98. The minimum absolute atomic E-state index is 0.467. The maximum atomic E-state index is 6.42. The van der Waals surface area contributed by atoms with Crippen molar-refractivity contribution in [3.05, 3.63) is 48.8 Å². The lowest BCUT2D eigenvalue weighted by atomic mass is 10.1. The van der Waals surface area contributed by atoms with E-state index in [1.807, 2.05) is 31.3 Å². The van der Waals surface area contributed by atoms with Gasteiger partial charge in [-0.15, -0.1) is 0 Å². The van der Waals surface area contributed by atoms with Gasteiger partial charge in [-0.1, -0.05) is 0 Å². The number of likely N-dealkylation sites (N-methyl/N-ethyl adjacent to an activating group) is 2. The number of hydrogen-bond donors (Lipinski definition) is 2. The molecule has 5 rings (SSSR count). The molecule has 0 bridgehead atoms. The number of hydrogen-bond acceptors (Lipinski definition) is 8. The summed E-state index contributed by atoms with van der Waals surface area (Å²) in [7, 11) is 7.78. The average molecular weight is 474 g/mol. The summed E-state index contributed by atoms with van der Waals surface area (Å²) in [6.07, 6.45) is 3.86. The van der Waals surface area contributed by atoms with Gasteiger partial charge >= 0.3 is 0 Å². The van der Waals surface area contributed by atoms with Crippen LogP contribution in [0.1, 0.15) is 0 Å². The first kappa shape index (κ1) is 22.8. The van der Waals surface area contributed by atoms with Gasteiger partial charge in [-0.3, -0.25) is 0 Å². The monoisotopic (exact) mass is 473 g/mol. The molecule has 0 spiro atoms. The van der Waals surface area contributed by atoms with Gasteiger partial charge in [0.15, 0.2) is 0 Å². The van der Waals surface area contributed by atoms with E-state index in [9.17, 15) is 0 Å². The Morgan fingerprint density at radius 3 is 2.80 bits per heavy atom. The van der Waals surface area contributed by atoms with Crippen LogP contribution in [0.2, 0.25) is 0 Å². The summed E-state index contributed by atoms with van der Waals surface area (Å²) in [5.74, 6) is 2.04. The Labute approximate surface area is 205 Å². The highest BCUT2D eigenvalue weighted by Gasteiger charge is 2.18. The number of nitrogens with zero attached hydrogens (tertiary/aromatic N) is 5. The molecule has 0 fully saturated rings. The highest BCUT2D eigenvalue weighted by molar-refractivity contribution is 5.98.